The molecule has 0 spiro atoms. The van der Waals surface area contributed by atoms with Crippen molar-refractivity contribution in [2.24, 2.45) is 0 Å². The number of thiophene rings is 1. The quantitative estimate of drug-likeness (QED) is 0.201. The van der Waals surface area contributed by atoms with Crippen LogP contribution in [-0.2, 0) is 24.1 Å². The summed E-state index contributed by atoms with van der Waals surface area (Å²) in [6.45, 7) is 13.6. The minimum absolute atomic E-state index is 0.0839. The Morgan fingerprint density at radius 1 is 1.14 bits per heavy atom. The van der Waals surface area contributed by atoms with Gasteiger partial charge in [0.2, 0.25) is 17.5 Å². The largest absolute Gasteiger partial charge is 0.471 e. The van der Waals surface area contributed by atoms with Gasteiger partial charge in [0.25, 0.3) is 0 Å². The molecule has 0 saturated carbocycles. The summed E-state index contributed by atoms with van der Waals surface area (Å²) in [5, 5.41) is 15.0. The first-order valence-corrected chi connectivity index (χ1v) is 18.9. The number of nitrogens with one attached hydrogen (secondary N) is 1. The van der Waals surface area contributed by atoms with Gasteiger partial charge >= 0.3 is 5.69 Å². The molecule has 0 amide bonds. The average Bonchev–Trinajstić information content (AvgIpc) is 3.90. The number of aromatic amines is 1. The lowest BCUT2D eigenvalue weighted by molar-refractivity contribution is 0.0968. The highest BCUT2D eigenvalue weighted by atomic mass is 32.1. The van der Waals surface area contributed by atoms with Crippen LogP contribution < -0.4 is 16.2 Å². The van der Waals surface area contributed by atoms with E-state index in [1.165, 1.54) is 30.6 Å². The molecule has 0 bridgehead atoms. The maximum absolute atomic E-state index is 12.8. The Morgan fingerprint density at radius 2 is 1.92 bits per heavy atom. The molecule has 266 valence electrons. The third kappa shape index (κ3) is 7.56. The van der Waals surface area contributed by atoms with Crippen LogP contribution in [0.2, 0.25) is 0 Å². The fraction of sp³-hybridized carbons (Fsp3) is 0.639. The molecule has 4 aromatic heterocycles. The molecule has 3 atom stereocenters. The van der Waals surface area contributed by atoms with Crippen LogP contribution in [-0.4, -0.2) is 68.5 Å². The Kier molecular flexibility index (Phi) is 12.5. The van der Waals surface area contributed by atoms with Crippen LogP contribution in [0.25, 0.3) is 22.7 Å². The Bertz CT molecular complexity index is 1790. The number of aromatic nitrogens is 5. The fourth-order valence-corrected chi connectivity index (χ4v) is 8.44. The van der Waals surface area contributed by atoms with Crippen LogP contribution in [0.5, 0.6) is 5.88 Å². The normalized spacial score (nSPS) is 19.7. The highest BCUT2D eigenvalue weighted by Crippen LogP contribution is 2.46. The first-order chi connectivity index (χ1) is 23.9. The summed E-state index contributed by atoms with van der Waals surface area (Å²) in [5.74, 6) is 1.07. The number of fused-ring (bicyclic) bond motifs is 2. The Morgan fingerprint density at radius 3 is 2.53 bits per heavy atom. The maximum atomic E-state index is 12.8. The topological polar surface area (TPSA) is 161 Å². The van der Waals surface area contributed by atoms with Crippen LogP contribution in [0.4, 0.5) is 5.00 Å². The second kappa shape index (κ2) is 16.8. The van der Waals surface area contributed by atoms with Gasteiger partial charge in [0, 0.05) is 42.2 Å². The van der Waals surface area contributed by atoms with Gasteiger partial charge in [0.1, 0.15) is 17.2 Å². The lowest BCUT2D eigenvalue weighted by Crippen LogP contribution is -2.38. The number of nitrogen functional groups attached to an aromatic ring is 1. The lowest BCUT2D eigenvalue weighted by Gasteiger charge is -2.26. The molecule has 1 aliphatic carbocycles. The summed E-state index contributed by atoms with van der Waals surface area (Å²) < 4.78 is 19.2. The number of hydrogen-bond donors (Lipinski definition) is 2. The summed E-state index contributed by atoms with van der Waals surface area (Å²) in [4.78, 5) is 28.8. The van der Waals surface area contributed by atoms with E-state index >= 15 is 0 Å². The average molecular weight is 693 g/mol. The van der Waals surface area contributed by atoms with Crippen LogP contribution >= 0.6 is 11.3 Å². The summed E-state index contributed by atoms with van der Waals surface area (Å²) in [7, 11) is 2.11. The zero-order valence-electron chi connectivity index (χ0n) is 29.9. The van der Waals surface area contributed by atoms with E-state index in [9.17, 15) is 10.1 Å². The second-order valence-corrected chi connectivity index (χ2v) is 13.9. The van der Waals surface area contributed by atoms with E-state index < -0.39 is 0 Å². The first kappa shape index (κ1) is 36.5. The molecule has 7 rings (SSSR count). The number of nitrogens with two attached hydrogens (primary N) is 1. The molecule has 12 nitrogen and oxygen atoms in total. The molecule has 6 heterocycles. The fourth-order valence-electron chi connectivity index (χ4n) is 7.32. The van der Waals surface area contributed by atoms with E-state index in [1.54, 1.807) is 4.57 Å². The van der Waals surface area contributed by atoms with Gasteiger partial charge in [-0.2, -0.15) is 10.2 Å². The summed E-state index contributed by atoms with van der Waals surface area (Å²) >= 11 is 1.50. The zero-order valence-corrected chi connectivity index (χ0v) is 30.7. The molecule has 4 aromatic rings. The molecule has 0 aromatic carbocycles. The van der Waals surface area contributed by atoms with E-state index in [4.69, 9.17) is 29.7 Å². The molecule has 2 aliphatic heterocycles. The van der Waals surface area contributed by atoms with Crippen molar-refractivity contribution < 1.29 is 14.0 Å². The highest BCUT2D eigenvalue weighted by molar-refractivity contribution is 7.16. The number of likely N-dealkylation sites (tertiary alicyclic amines) is 1. The third-order valence-corrected chi connectivity index (χ3v) is 10.8. The van der Waals surface area contributed by atoms with E-state index in [2.05, 4.69) is 42.0 Å². The Labute approximate surface area is 293 Å². The van der Waals surface area contributed by atoms with Crippen LogP contribution in [0.15, 0.2) is 9.32 Å². The highest BCUT2D eigenvalue weighted by Gasteiger charge is 2.35. The minimum atomic E-state index is -0.259. The smallest absolute Gasteiger partial charge is 0.327 e. The van der Waals surface area contributed by atoms with Crippen LogP contribution in [0.1, 0.15) is 119 Å². The monoisotopic (exact) mass is 692 g/mol. The van der Waals surface area contributed by atoms with Gasteiger partial charge in [-0.15, -0.1) is 11.3 Å². The molecule has 1 unspecified atom stereocenters. The number of hydrogen-bond acceptors (Lipinski definition) is 11. The maximum Gasteiger partial charge on any atom is 0.327 e. The number of ether oxygens (including phenoxy) is 2. The van der Waals surface area contributed by atoms with E-state index in [1.807, 2.05) is 20.8 Å². The van der Waals surface area contributed by atoms with E-state index in [0.717, 1.165) is 80.0 Å². The number of nitriles is 1. The molecule has 3 aliphatic rings. The van der Waals surface area contributed by atoms with Gasteiger partial charge in [-0.3, -0.25) is 14.5 Å². The van der Waals surface area contributed by atoms with Gasteiger partial charge in [-0.25, -0.2) is 9.78 Å². The molecule has 3 N–H and O–H groups in total. The van der Waals surface area contributed by atoms with Crippen molar-refractivity contribution in [3.63, 3.8) is 0 Å². The molecule has 0 radical (unpaired) electrons. The van der Waals surface area contributed by atoms with Crippen LogP contribution in [0.3, 0.4) is 0 Å². The number of H-pyrrole nitrogens is 1. The van der Waals surface area contributed by atoms with Crippen LogP contribution in [0, 0.1) is 11.3 Å². The molecular formula is C36H52N8O4S. The molecule has 13 heteroatoms. The van der Waals surface area contributed by atoms with Gasteiger partial charge in [0.05, 0.1) is 11.3 Å². The van der Waals surface area contributed by atoms with Crippen molar-refractivity contribution in [2.45, 2.75) is 123 Å². The standard InChI is InChI=1S/C29H36N8O3S.C5H10O.C2H6/c1-5-9-17-22(16-10-7-12-20-21(16)18(14-30)25(31)41-20)35-40-24(17)27-32-26-23(37(6-2)29(38)34-26)28(33-27)39-15(3)19-11-8-13-36(19)4;1-2-4-6-5-3-1;1-2/h15-16,19H,5-13,31H2,1-4H3,(H,32,33,34,38);1-5H2;1-2H3/t15?,16-,19-;;/m0../s1. The predicted octanol–water partition coefficient (Wildman–Crippen LogP) is 6.81. The van der Waals surface area contributed by atoms with Crippen molar-refractivity contribution in [2.75, 3.05) is 32.5 Å². The third-order valence-electron chi connectivity index (χ3n) is 9.66. The van der Waals surface area contributed by atoms with Crippen molar-refractivity contribution >= 4 is 27.5 Å². The molecule has 2 saturated heterocycles. The van der Waals surface area contributed by atoms with Crippen molar-refractivity contribution in [3.05, 3.63) is 37.7 Å². The number of nitrogens with zero attached hydrogens (tertiary/aromatic N) is 6. The SMILES string of the molecule is C1CCOCC1.CC.CCCc1c([C@H]2CCCc3sc(N)c(C#N)c32)noc1-c1nc(OC(C)[C@@H]2CCCN2C)c2c(n1)[nH]c(=O)n2CC. The Hall–Kier alpha value is -3.73. The van der Waals surface area contributed by atoms with E-state index in [-0.39, 0.29) is 23.8 Å². The number of aryl methyl sites for hydroxylation is 2. The number of rotatable bonds is 8. The van der Waals surface area contributed by atoms with Gasteiger partial charge in [-0.1, -0.05) is 32.3 Å². The van der Waals surface area contributed by atoms with Gasteiger partial charge < -0.3 is 19.7 Å². The molecule has 49 heavy (non-hydrogen) atoms. The van der Waals surface area contributed by atoms with E-state index in [0.29, 0.717) is 52.2 Å². The minimum Gasteiger partial charge on any atom is -0.471 e. The number of likely N-dealkylation sites (N-methyl/N-ethyl adjacent to an activating group) is 1. The van der Waals surface area contributed by atoms with Crippen molar-refractivity contribution in [1.82, 2.24) is 29.6 Å². The Balaban J connectivity index is 0.000000522. The first-order valence-electron chi connectivity index (χ1n) is 18.1. The van der Waals surface area contributed by atoms with Crippen molar-refractivity contribution in [3.8, 4) is 23.5 Å². The second-order valence-electron chi connectivity index (χ2n) is 12.8. The van der Waals surface area contributed by atoms with Gasteiger partial charge in [-0.05, 0) is 90.8 Å². The summed E-state index contributed by atoms with van der Waals surface area (Å²) in [6.07, 6.45) is 10.3. The van der Waals surface area contributed by atoms with Crippen molar-refractivity contribution in [1.29, 1.82) is 5.26 Å². The van der Waals surface area contributed by atoms with Gasteiger partial charge in [0.15, 0.2) is 11.2 Å². The predicted molar refractivity (Wildman–Crippen MR) is 193 cm³/mol. The molecule has 2 fully saturated rings. The molecular weight excluding hydrogens is 641 g/mol. The summed E-state index contributed by atoms with van der Waals surface area (Å²) in [5.41, 5.74) is 10.2. The zero-order chi connectivity index (χ0) is 35.1. The lowest BCUT2D eigenvalue weighted by atomic mass is 9.81. The number of anilines is 1. The number of imidazole rings is 1. The summed E-state index contributed by atoms with van der Waals surface area (Å²) in [6, 6.07) is 2.58.